The number of hydrogen-bond acceptors (Lipinski definition) is 3. The second-order valence-electron chi connectivity index (χ2n) is 3.45. The maximum Gasteiger partial charge on any atom is 0.0897 e. The summed E-state index contributed by atoms with van der Waals surface area (Å²) in [6, 6.07) is 0.396. The van der Waals surface area contributed by atoms with Crippen LogP contribution in [0.2, 0.25) is 0 Å². The predicted molar refractivity (Wildman–Crippen MR) is 43.5 cm³/mol. The first-order valence-corrected chi connectivity index (χ1v) is 4.19. The maximum atomic E-state index is 9.20. The molecule has 66 valence electrons. The first kappa shape index (κ1) is 8.97. The largest absolute Gasteiger partial charge is 0.389 e. The number of ether oxygens (including phenoxy) is 1. The molecule has 0 saturated carbocycles. The van der Waals surface area contributed by atoms with Gasteiger partial charge in [0.2, 0.25) is 0 Å². The molecule has 1 aliphatic heterocycles. The number of β-amino-alcohol motifs (C(OH)–C–C–N with tert-alkyl or cyclic N) is 1. The zero-order valence-corrected chi connectivity index (χ0v) is 7.21. The fourth-order valence-electron chi connectivity index (χ4n) is 1.16. The van der Waals surface area contributed by atoms with Crippen molar-refractivity contribution in [2.24, 2.45) is 5.92 Å². The third-order valence-electron chi connectivity index (χ3n) is 2.03. The van der Waals surface area contributed by atoms with Crippen LogP contribution < -0.4 is 5.32 Å². The van der Waals surface area contributed by atoms with Crippen LogP contribution in [-0.2, 0) is 4.74 Å². The maximum absolute atomic E-state index is 9.20. The molecule has 1 fully saturated rings. The predicted octanol–water partition coefficient (Wildman–Crippen LogP) is -0.00830. The van der Waals surface area contributed by atoms with Gasteiger partial charge in [0, 0.05) is 12.6 Å². The molecule has 2 atom stereocenters. The lowest BCUT2D eigenvalue weighted by Gasteiger charge is -2.18. The van der Waals surface area contributed by atoms with Crippen LogP contribution in [0, 0.1) is 5.92 Å². The highest BCUT2D eigenvalue weighted by Crippen LogP contribution is 2.05. The second-order valence-corrected chi connectivity index (χ2v) is 3.45. The summed E-state index contributed by atoms with van der Waals surface area (Å²) in [5.74, 6) is 0.570. The molecule has 1 saturated heterocycles. The molecule has 0 bridgehead atoms. The van der Waals surface area contributed by atoms with Crippen molar-refractivity contribution in [2.45, 2.75) is 26.0 Å². The molecule has 3 nitrogen and oxygen atoms in total. The molecule has 0 unspecified atom stereocenters. The van der Waals surface area contributed by atoms with Gasteiger partial charge in [0.25, 0.3) is 0 Å². The van der Waals surface area contributed by atoms with Gasteiger partial charge in [-0.05, 0) is 5.92 Å². The van der Waals surface area contributed by atoms with Crippen molar-refractivity contribution in [3.63, 3.8) is 0 Å². The van der Waals surface area contributed by atoms with Gasteiger partial charge in [-0.3, -0.25) is 0 Å². The summed E-state index contributed by atoms with van der Waals surface area (Å²) in [7, 11) is 0. The van der Waals surface area contributed by atoms with Gasteiger partial charge in [0.15, 0.2) is 0 Å². The standard InChI is InChI=1S/C8H17NO2/c1-6(2)8-5-11-4-7(10)3-9-8/h6-10H,3-5H2,1-2H3/t7-,8+/m0/s1. The van der Waals surface area contributed by atoms with Crippen LogP contribution in [0.15, 0.2) is 0 Å². The number of nitrogens with one attached hydrogen (secondary N) is 1. The normalized spacial score (nSPS) is 33.8. The Morgan fingerprint density at radius 2 is 2.18 bits per heavy atom. The Kier molecular flexibility index (Phi) is 3.30. The van der Waals surface area contributed by atoms with E-state index in [0.29, 0.717) is 31.7 Å². The van der Waals surface area contributed by atoms with Crippen molar-refractivity contribution < 1.29 is 9.84 Å². The van der Waals surface area contributed by atoms with E-state index in [1.807, 2.05) is 0 Å². The molecular weight excluding hydrogens is 142 g/mol. The van der Waals surface area contributed by atoms with Crippen molar-refractivity contribution in [2.75, 3.05) is 19.8 Å². The molecule has 0 radical (unpaired) electrons. The fraction of sp³-hybridized carbons (Fsp3) is 1.00. The average molecular weight is 159 g/mol. The number of aliphatic hydroxyl groups excluding tert-OH is 1. The lowest BCUT2D eigenvalue weighted by molar-refractivity contribution is 0.0515. The number of hydrogen-bond donors (Lipinski definition) is 2. The lowest BCUT2D eigenvalue weighted by Crippen LogP contribution is -2.38. The van der Waals surface area contributed by atoms with Crippen LogP contribution in [0.3, 0.4) is 0 Å². The number of rotatable bonds is 1. The zero-order valence-electron chi connectivity index (χ0n) is 7.21. The fourth-order valence-corrected chi connectivity index (χ4v) is 1.16. The van der Waals surface area contributed by atoms with Crippen molar-refractivity contribution in [1.82, 2.24) is 5.32 Å². The Morgan fingerprint density at radius 3 is 2.82 bits per heavy atom. The smallest absolute Gasteiger partial charge is 0.0897 e. The minimum Gasteiger partial charge on any atom is -0.389 e. The van der Waals surface area contributed by atoms with Crippen LogP contribution >= 0.6 is 0 Å². The van der Waals surface area contributed by atoms with Gasteiger partial charge in [0.1, 0.15) is 0 Å². The first-order chi connectivity index (χ1) is 5.20. The Labute approximate surface area is 67.7 Å². The van der Waals surface area contributed by atoms with E-state index >= 15 is 0 Å². The van der Waals surface area contributed by atoms with Gasteiger partial charge in [-0.2, -0.15) is 0 Å². The molecule has 3 heteroatoms. The minimum atomic E-state index is -0.334. The SMILES string of the molecule is CC(C)[C@H]1COC[C@@H](O)CN1. The average Bonchev–Trinajstić information content (AvgIpc) is 2.13. The third-order valence-corrected chi connectivity index (χ3v) is 2.03. The second kappa shape index (κ2) is 4.04. The van der Waals surface area contributed by atoms with E-state index in [9.17, 15) is 5.11 Å². The van der Waals surface area contributed by atoms with E-state index in [4.69, 9.17) is 4.74 Å². The van der Waals surface area contributed by atoms with Crippen molar-refractivity contribution in [3.05, 3.63) is 0 Å². The summed E-state index contributed by atoms with van der Waals surface area (Å²) in [6.45, 7) is 6.14. The molecule has 0 aromatic rings. The van der Waals surface area contributed by atoms with E-state index < -0.39 is 0 Å². The quantitative estimate of drug-likeness (QED) is 0.565. The van der Waals surface area contributed by atoms with Crippen molar-refractivity contribution >= 4 is 0 Å². The van der Waals surface area contributed by atoms with Crippen molar-refractivity contribution in [3.8, 4) is 0 Å². The van der Waals surface area contributed by atoms with Gasteiger partial charge in [-0.15, -0.1) is 0 Å². The summed E-state index contributed by atoms with van der Waals surface area (Å²) in [6.07, 6.45) is -0.334. The molecule has 1 heterocycles. The highest BCUT2D eigenvalue weighted by molar-refractivity contribution is 4.75. The summed E-state index contributed by atoms with van der Waals surface area (Å²) >= 11 is 0. The topological polar surface area (TPSA) is 41.5 Å². The first-order valence-electron chi connectivity index (χ1n) is 4.19. The van der Waals surface area contributed by atoms with Crippen LogP contribution in [0.1, 0.15) is 13.8 Å². The van der Waals surface area contributed by atoms with E-state index in [0.717, 1.165) is 0 Å². The summed E-state index contributed by atoms with van der Waals surface area (Å²) in [5.41, 5.74) is 0. The van der Waals surface area contributed by atoms with Gasteiger partial charge in [0.05, 0.1) is 19.3 Å². The van der Waals surface area contributed by atoms with Gasteiger partial charge >= 0.3 is 0 Å². The summed E-state index contributed by atoms with van der Waals surface area (Å²) in [4.78, 5) is 0. The molecule has 1 aliphatic rings. The van der Waals surface area contributed by atoms with Crippen LogP contribution in [0.25, 0.3) is 0 Å². The van der Waals surface area contributed by atoms with E-state index in [2.05, 4.69) is 19.2 Å². The Bertz CT molecular complexity index is 117. The Morgan fingerprint density at radius 1 is 1.45 bits per heavy atom. The van der Waals surface area contributed by atoms with Crippen molar-refractivity contribution in [1.29, 1.82) is 0 Å². The lowest BCUT2D eigenvalue weighted by atomic mass is 10.1. The molecule has 0 aliphatic carbocycles. The number of aliphatic hydroxyl groups is 1. The summed E-state index contributed by atoms with van der Waals surface area (Å²) < 4.78 is 5.27. The highest BCUT2D eigenvalue weighted by Gasteiger charge is 2.18. The Balaban J connectivity index is 2.34. The zero-order chi connectivity index (χ0) is 8.27. The summed E-state index contributed by atoms with van der Waals surface area (Å²) in [5, 5.41) is 12.5. The van der Waals surface area contributed by atoms with Crippen LogP contribution in [0.4, 0.5) is 0 Å². The minimum absolute atomic E-state index is 0.334. The van der Waals surface area contributed by atoms with E-state index in [1.165, 1.54) is 0 Å². The third kappa shape index (κ3) is 2.77. The van der Waals surface area contributed by atoms with Crippen LogP contribution in [-0.4, -0.2) is 37.0 Å². The monoisotopic (exact) mass is 159 g/mol. The van der Waals surface area contributed by atoms with E-state index in [-0.39, 0.29) is 6.10 Å². The molecule has 0 aromatic heterocycles. The van der Waals surface area contributed by atoms with Gasteiger partial charge in [-0.1, -0.05) is 13.8 Å². The Hall–Kier alpha value is -0.120. The molecule has 0 aromatic carbocycles. The molecule has 0 amide bonds. The molecule has 0 spiro atoms. The molecule has 2 N–H and O–H groups in total. The van der Waals surface area contributed by atoms with E-state index in [1.54, 1.807) is 0 Å². The molecular formula is C8H17NO2. The van der Waals surface area contributed by atoms with Gasteiger partial charge in [-0.25, -0.2) is 0 Å². The highest BCUT2D eigenvalue weighted by atomic mass is 16.5. The molecule has 1 rings (SSSR count). The molecule has 11 heavy (non-hydrogen) atoms. The van der Waals surface area contributed by atoms with Gasteiger partial charge < -0.3 is 15.2 Å². The van der Waals surface area contributed by atoms with Crippen LogP contribution in [0.5, 0.6) is 0 Å².